The predicted octanol–water partition coefficient (Wildman–Crippen LogP) is 0.0253. The molecule has 2 fully saturated rings. The monoisotopic (exact) mass is 188 g/mol. The van der Waals surface area contributed by atoms with E-state index in [0.29, 0.717) is 0 Å². The fraction of sp³-hybridized carbons (Fsp3) is 1.00. The van der Waals surface area contributed by atoms with E-state index in [9.17, 15) is 0 Å². The van der Waals surface area contributed by atoms with Gasteiger partial charge in [0.25, 0.3) is 0 Å². The molecule has 0 bridgehead atoms. The van der Waals surface area contributed by atoms with Gasteiger partial charge in [0.2, 0.25) is 0 Å². The number of aliphatic hydroxyl groups is 2. The fourth-order valence-electron chi connectivity index (χ4n) is 2.19. The van der Waals surface area contributed by atoms with Gasteiger partial charge in [-0.25, -0.2) is 0 Å². The van der Waals surface area contributed by atoms with Crippen molar-refractivity contribution >= 4 is 0 Å². The molecule has 2 aliphatic rings. The molecule has 2 atom stereocenters. The molecule has 0 aromatic carbocycles. The maximum Gasteiger partial charge on any atom is 0.169 e. The summed E-state index contributed by atoms with van der Waals surface area (Å²) in [5.74, 6) is -0.485. The standard InChI is InChI=1S/C9H16O4/c10-5-7-8(6-11)13-9(12-7)3-1-2-4-9/h7-8,10-11H,1-6H2. The SMILES string of the molecule is OCC1OC2(CCCC2)OC1CO. The maximum absolute atomic E-state index is 9.00. The van der Waals surface area contributed by atoms with Gasteiger partial charge in [-0.15, -0.1) is 0 Å². The van der Waals surface area contributed by atoms with Crippen LogP contribution in [-0.2, 0) is 9.47 Å². The van der Waals surface area contributed by atoms with Crippen LogP contribution in [0.25, 0.3) is 0 Å². The molecule has 1 aliphatic heterocycles. The van der Waals surface area contributed by atoms with Gasteiger partial charge in [0.05, 0.1) is 13.2 Å². The third kappa shape index (κ3) is 1.59. The van der Waals surface area contributed by atoms with E-state index in [1.165, 1.54) is 0 Å². The van der Waals surface area contributed by atoms with Crippen molar-refractivity contribution in [3.63, 3.8) is 0 Å². The van der Waals surface area contributed by atoms with E-state index >= 15 is 0 Å². The molecule has 13 heavy (non-hydrogen) atoms. The Morgan fingerprint density at radius 3 is 1.85 bits per heavy atom. The van der Waals surface area contributed by atoms with Gasteiger partial charge in [-0.2, -0.15) is 0 Å². The Morgan fingerprint density at radius 1 is 1.00 bits per heavy atom. The fourth-order valence-corrected chi connectivity index (χ4v) is 2.19. The van der Waals surface area contributed by atoms with Crippen molar-refractivity contribution in [1.82, 2.24) is 0 Å². The molecule has 0 aromatic rings. The quantitative estimate of drug-likeness (QED) is 0.641. The zero-order chi connectivity index (χ0) is 9.31. The molecular weight excluding hydrogens is 172 g/mol. The number of hydrogen-bond donors (Lipinski definition) is 2. The second kappa shape index (κ2) is 3.53. The second-order valence-corrected chi connectivity index (χ2v) is 3.80. The number of ether oxygens (including phenoxy) is 2. The highest BCUT2D eigenvalue weighted by Gasteiger charge is 2.48. The van der Waals surface area contributed by atoms with Crippen LogP contribution in [0.2, 0.25) is 0 Å². The smallest absolute Gasteiger partial charge is 0.169 e. The first kappa shape index (κ1) is 9.40. The molecule has 2 unspecified atom stereocenters. The highest BCUT2D eigenvalue weighted by Crippen LogP contribution is 2.41. The summed E-state index contributed by atoms with van der Waals surface area (Å²) in [5, 5.41) is 18.0. The van der Waals surface area contributed by atoms with Crippen molar-refractivity contribution in [2.75, 3.05) is 13.2 Å². The lowest BCUT2D eigenvalue weighted by Crippen LogP contribution is -2.29. The van der Waals surface area contributed by atoms with Crippen LogP contribution >= 0.6 is 0 Å². The van der Waals surface area contributed by atoms with E-state index in [4.69, 9.17) is 19.7 Å². The molecule has 1 heterocycles. The lowest BCUT2D eigenvalue weighted by atomic mass is 10.2. The van der Waals surface area contributed by atoms with Crippen LogP contribution < -0.4 is 0 Å². The molecule has 76 valence electrons. The predicted molar refractivity (Wildman–Crippen MR) is 45.1 cm³/mol. The summed E-state index contributed by atoms with van der Waals surface area (Å²) in [4.78, 5) is 0. The van der Waals surface area contributed by atoms with E-state index in [1.54, 1.807) is 0 Å². The largest absolute Gasteiger partial charge is 0.394 e. The molecule has 2 N–H and O–H groups in total. The summed E-state index contributed by atoms with van der Waals surface area (Å²) in [6.07, 6.45) is 3.30. The molecule has 1 saturated carbocycles. The van der Waals surface area contributed by atoms with Crippen molar-refractivity contribution < 1.29 is 19.7 Å². The van der Waals surface area contributed by atoms with E-state index in [2.05, 4.69) is 0 Å². The van der Waals surface area contributed by atoms with E-state index < -0.39 is 5.79 Å². The van der Waals surface area contributed by atoms with Crippen LogP contribution in [0, 0.1) is 0 Å². The molecule has 4 nitrogen and oxygen atoms in total. The van der Waals surface area contributed by atoms with Gasteiger partial charge in [0.15, 0.2) is 5.79 Å². The Balaban J connectivity index is 2.03. The van der Waals surface area contributed by atoms with Crippen LogP contribution in [0.1, 0.15) is 25.7 Å². The Labute approximate surface area is 77.5 Å². The van der Waals surface area contributed by atoms with Gasteiger partial charge in [0.1, 0.15) is 12.2 Å². The summed E-state index contributed by atoms with van der Waals surface area (Å²) < 4.78 is 11.3. The van der Waals surface area contributed by atoms with Crippen molar-refractivity contribution in [3.05, 3.63) is 0 Å². The molecule has 2 rings (SSSR count). The summed E-state index contributed by atoms with van der Waals surface area (Å²) >= 11 is 0. The molecular formula is C9H16O4. The van der Waals surface area contributed by atoms with Gasteiger partial charge >= 0.3 is 0 Å². The minimum Gasteiger partial charge on any atom is -0.394 e. The average molecular weight is 188 g/mol. The first-order chi connectivity index (χ1) is 6.29. The molecule has 0 amide bonds. The number of aliphatic hydroxyl groups excluding tert-OH is 2. The first-order valence-electron chi connectivity index (χ1n) is 4.87. The van der Waals surface area contributed by atoms with Gasteiger partial charge in [0, 0.05) is 12.8 Å². The normalized spacial score (nSPS) is 37.4. The molecule has 1 saturated heterocycles. The Kier molecular flexibility index (Phi) is 2.55. The lowest BCUT2D eigenvalue weighted by molar-refractivity contribution is -0.173. The molecule has 1 aliphatic carbocycles. The minimum absolute atomic E-state index is 0.0764. The zero-order valence-electron chi connectivity index (χ0n) is 7.61. The Bertz CT molecular complexity index is 162. The summed E-state index contributed by atoms with van der Waals surface area (Å²) in [6, 6.07) is 0. The third-order valence-corrected chi connectivity index (χ3v) is 2.87. The summed E-state index contributed by atoms with van der Waals surface area (Å²) in [7, 11) is 0. The highest BCUT2D eigenvalue weighted by atomic mass is 16.8. The highest BCUT2D eigenvalue weighted by molar-refractivity contribution is 4.88. The number of hydrogen-bond acceptors (Lipinski definition) is 4. The molecule has 1 spiro atoms. The van der Waals surface area contributed by atoms with Crippen molar-refractivity contribution in [2.45, 2.75) is 43.7 Å². The molecule has 0 aromatic heterocycles. The minimum atomic E-state index is -0.485. The van der Waals surface area contributed by atoms with E-state index in [-0.39, 0.29) is 25.4 Å². The van der Waals surface area contributed by atoms with Gasteiger partial charge < -0.3 is 19.7 Å². The third-order valence-electron chi connectivity index (χ3n) is 2.87. The second-order valence-electron chi connectivity index (χ2n) is 3.80. The first-order valence-corrected chi connectivity index (χ1v) is 4.87. The van der Waals surface area contributed by atoms with Crippen molar-refractivity contribution in [3.8, 4) is 0 Å². The zero-order valence-corrected chi connectivity index (χ0v) is 7.61. The Hall–Kier alpha value is -0.160. The van der Waals surface area contributed by atoms with E-state index in [1.807, 2.05) is 0 Å². The van der Waals surface area contributed by atoms with Crippen LogP contribution in [0.3, 0.4) is 0 Å². The van der Waals surface area contributed by atoms with E-state index in [0.717, 1.165) is 25.7 Å². The topological polar surface area (TPSA) is 58.9 Å². The van der Waals surface area contributed by atoms with Gasteiger partial charge in [-0.3, -0.25) is 0 Å². The number of rotatable bonds is 2. The van der Waals surface area contributed by atoms with Crippen LogP contribution in [-0.4, -0.2) is 41.4 Å². The lowest BCUT2D eigenvalue weighted by Gasteiger charge is -2.21. The average Bonchev–Trinajstić information content (AvgIpc) is 2.74. The maximum atomic E-state index is 9.00. The van der Waals surface area contributed by atoms with Crippen molar-refractivity contribution in [2.24, 2.45) is 0 Å². The Morgan fingerprint density at radius 2 is 1.46 bits per heavy atom. The van der Waals surface area contributed by atoms with Gasteiger partial charge in [-0.05, 0) is 12.8 Å². The van der Waals surface area contributed by atoms with Gasteiger partial charge in [-0.1, -0.05) is 0 Å². The molecule has 0 radical (unpaired) electrons. The summed E-state index contributed by atoms with van der Waals surface area (Å²) in [5.41, 5.74) is 0. The van der Waals surface area contributed by atoms with Crippen LogP contribution in [0.15, 0.2) is 0 Å². The van der Waals surface area contributed by atoms with Crippen LogP contribution in [0.5, 0.6) is 0 Å². The summed E-state index contributed by atoms with van der Waals surface area (Å²) in [6.45, 7) is -0.153. The van der Waals surface area contributed by atoms with Crippen molar-refractivity contribution in [1.29, 1.82) is 0 Å². The molecule has 4 heteroatoms. The van der Waals surface area contributed by atoms with Crippen LogP contribution in [0.4, 0.5) is 0 Å².